The molecule has 0 saturated carbocycles. The number of carbonyl (C=O) groups is 1. The van der Waals surface area contributed by atoms with Crippen LogP contribution in [0.15, 0.2) is 30.3 Å². The minimum absolute atomic E-state index is 0.0520. The maximum Gasteiger partial charge on any atom is 0.246 e. The summed E-state index contributed by atoms with van der Waals surface area (Å²) in [5.41, 5.74) is 0.371. The van der Waals surface area contributed by atoms with Gasteiger partial charge in [0.1, 0.15) is 0 Å². The summed E-state index contributed by atoms with van der Waals surface area (Å²) in [6.07, 6.45) is 0. The predicted molar refractivity (Wildman–Crippen MR) is 63.0 cm³/mol. The fourth-order valence-corrected chi connectivity index (χ4v) is 1.30. The molecule has 1 aromatic carbocycles. The van der Waals surface area contributed by atoms with Crippen molar-refractivity contribution in [1.82, 2.24) is 5.32 Å². The monoisotopic (exact) mass is 206 g/mol. The average molecular weight is 206 g/mol. The zero-order chi connectivity index (χ0) is 11.5. The van der Waals surface area contributed by atoms with Crippen molar-refractivity contribution in [3.8, 4) is 0 Å². The number of amides is 1. The molecule has 82 valence electrons. The first-order chi connectivity index (χ1) is 6.99. The van der Waals surface area contributed by atoms with Gasteiger partial charge in [0.15, 0.2) is 0 Å². The van der Waals surface area contributed by atoms with E-state index in [1.165, 1.54) is 0 Å². The van der Waals surface area contributed by atoms with Crippen LogP contribution in [0.5, 0.6) is 0 Å². The lowest BCUT2D eigenvalue weighted by molar-refractivity contribution is -0.123. The number of likely N-dealkylation sites (N-methyl/N-ethyl adjacent to an activating group) is 2. The van der Waals surface area contributed by atoms with Crippen LogP contribution in [-0.4, -0.2) is 25.5 Å². The van der Waals surface area contributed by atoms with Crippen LogP contribution in [0, 0.1) is 0 Å². The van der Waals surface area contributed by atoms with Gasteiger partial charge in [0.05, 0.1) is 5.54 Å². The summed E-state index contributed by atoms with van der Waals surface area (Å²) in [7, 11) is 3.58. The van der Waals surface area contributed by atoms with Crippen molar-refractivity contribution >= 4 is 11.6 Å². The summed E-state index contributed by atoms with van der Waals surface area (Å²) >= 11 is 0. The number of nitrogens with one attached hydrogen (secondary N) is 1. The number of benzene rings is 1. The molecular weight excluding hydrogens is 188 g/mol. The predicted octanol–water partition coefficient (Wildman–Crippen LogP) is 1.65. The van der Waals surface area contributed by atoms with Crippen molar-refractivity contribution in [2.45, 2.75) is 19.4 Å². The number of anilines is 1. The summed E-state index contributed by atoms with van der Waals surface area (Å²) in [6.45, 7) is 3.74. The molecule has 0 atom stereocenters. The van der Waals surface area contributed by atoms with E-state index in [1.54, 1.807) is 19.0 Å². The van der Waals surface area contributed by atoms with Crippen molar-refractivity contribution in [1.29, 1.82) is 0 Å². The van der Waals surface area contributed by atoms with E-state index in [0.717, 1.165) is 5.69 Å². The Bertz CT molecular complexity index is 333. The van der Waals surface area contributed by atoms with Crippen LogP contribution in [0.4, 0.5) is 5.69 Å². The Kier molecular flexibility index (Phi) is 3.48. The second-order valence-corrected chi connectivity index (χ2v) is 4.07. The maximum atomic E-state index is 12.1. The maximum absolute atomic E-state index is 12.1. The molecule has 3 heteroatoms. The van der Waals surface area contributed by atoms with Gasteiger partial charge in [-0.25, -0.2) is 0 Å². The van der Waals surface area contributed by atoms with Gasteiger partial charge >= 0.3 is 0 Å². The van der Waals surface area contributed by atoms with Gasteiger partial charge < -0.3 is 10.2 Å². The van der Waals surface area contributed by atoms with E-state index in [1.807, 2.05) is 44.2 Å². The molecule has 0 aliphatic heterocycles. The number of para-hydroxylation sites is 1. The van der Waals surface area contributed by atoms with Crippen molar-refractivity contribution in [2.24, 2.45) is 0 Å². The van der Waals surface area contributed by atoms with E-state index in [-0.39, 0.29) is 5.91 Å². The molecule has 0 saturated heterocycles. The third kappa shape index (κ3) is 2.57. The van der Waals surface area contributed by atoms with E-state index in [9.17, 15) is 4.79 Å². The molecule has 1 N–H and O–H groups in total. The number of hydrogen-bond acceptors (Lipinski definition) is 2. The summed E-state index contributed by atoms with van der Waals surface area (Å²) in [6, 6.07) is 9.62. The molecule has 0 aromatic heterocycles. The highest BCUT2D eigenvalue weighted by molar-refractivity contribution is 5.99. The number of hydrogen-bond donors (Lipinski definition) is 1. The van der Waals surface area contributed by atoms with Gasteiger partial charge in [0.25, 0.3) is 0 Å². The lowest BCUT2D eigenvalue weighted by Crippen LogP contribution is -2.51. The van der Waals surface area contributed by atoms with Crippen LogP contribution in [0.1, 0.15) is 13.8 Å². The lowest BCUT2D eigenvalue weighted by Gasteiger charge is -2.29. The van der Waals surface area contributed by atoms with Crippen LogP contribution in [0.25, 0.3) is 0 Å². The van der Waals surface area contributed by atoms with Crippen molar-refractivity contribution in [3.05, 3.63) is 30.3 Å². The summed E-state index contributed by atoms with van der Waals surface area (Å²) in [5, 5.41) is 3.00. The second kappa shape index (κ2) is 4.45. The molecule has 0 fully saturated rings. The largest absolute Gasteiger partial charge is 0.314 e. The highest BCUT2D eigenvalue weighted by atomic mass is 16.2. The molecule has 0 bridgehead atoms. The first-order valence-electron chi connectivity index (χ1n) is 5.01. The van der Waals surface area contributed by atoms with Gasteiger partial charge in [-0.2, -0.15) is 0 Å². The Morgan fingerprint density at radius 3 is 2.27 bits per heavy atom. The summed E-state index contributed by atoms with van der Waals surface area (Å²) in [4.78, 5) is 13.7. The van der Waals surface area contributed by atoms with Crippen molar-refractivity contribution in [2.75, 3.05) is 19.0 Å². The van der Waals surface area contributed by atoms with E-state index < -0.39 is 5.54 Å². The Hall–Kier alpha value is -1.35. The highest BCUT2D eigenvalue weighted by Gasteiger charge is 2.28. The highest BCUT2D eigenvalue weighted by Crippen LogP contribution is 2.15. The molecule has 0 unspecified atom stereocenters. The molecule has 3 nitrogen and oxygen atoms in total. The molecule has 1 rings (SSSR count). The fraction of sp³-hybridized carbons (Fsp3) is 0.417. The second-order valence-electron chi connectivity index (χ2n) is 4.07. The van der Waals surface area contributed by atoms with Crippen molar-refractivity contribution < 1.29 is 4.79 Å². The molecule has 0 heterocycles. The summed E-state index contributed by atoms with van der Waals surface area (Å²) < 4.78 is 0. The minimum Gasteiger partial charge on any atom is -0.314 e. The van der Waals surface area contributed by atoms with E-state index in [4.69, 9.17) is 0 Å². The Morgan fingerprint density at radius 1 is 1.27 bits per heavy atom. The van der Waals surface area contributed by atoms with Crippen LogP contribution in [0.2, 0.25) is 0 Å². The zero-order valence-electron chi connectivity index (χ0n) is 9.74. The van der Waals surface area contributed by atoms with E-state index in [0.29, 0.717) is 0 Å². The molecule has 0 radical (unpaired) electrons. The smallest absolute Gasteiger partial charge is 0.246 e. The molecule has 1 aromatic rings. The SMILES string of the molecule is CNC(C)(C)C(=O)N(C)c1ccccc1. The Balaban J connectivity index is 2.87. The van der Waals surface area contributed by atoms with Gasteiger partial charge in [0, 0.05) is 12.7 Å². The fourth-order valence-electron chi connectivity index (χ4n) is 1.30. The number of carbonyl (C=O) groups excluding carboxylic acids is 1. The standard InChI is InChI=1S/C12H18N2O/c1-12(2,13-3)11(15)14(4)10-8-6-5-7-9-10/h5-9,13H,1-4H3. The van der Waals surface area contributed by atoms with Crippen LogP contribution in [0.3, 0.4) is 0 Å². The third-order valence-electron chi connectivity index (χ3n) is 2.61. The average Bonchev–Trinajstić information content (AvgIpc) is 2.28. The van der Waals surface area contributed by atoms with Gasteiger partial charge in [-0.05, 0) is 33.0 Å². The Morgan fingerprint density at radius 2 is 1.80 bits per heavy atom. The van der Waals surface area contributed by atoms with Crippen LogP contribution < -0.4 is 10.2 Å². The molecule has 0 aliphatic rings. The molecule has 1 amide bonds. The van der Waals surface area contributed by atoms with Crippen LogP contribution in [-0.2, 0) is 4.79 Å². The summed E-state index contributed by atoms with van der Waals surface area (Å²) in [5.74, 6) is 0.0520. The molecular formula is C12H18N2O. The van der Waals surface area contributed by atoms with Gasteiger partial charge in [-0.1, -0.05) is 18.2 Å². The van der Waals surface area contributed by atoms with Crippen molar-refractivity contribution in [3.63, 3.8) is 0 Å². The quantitative estimate of drug-likeness (QED) is 0.815. The molecule has 15 heavy (non-hydrogen) atoms. The third-order valence-corrected chi connectivity index (χ3v) is 2.61. The molecule has 0 spiro atoms. The zero-order valence-corrected chi connectivity index (χ0v) is 9.74. The van der Waals surface area contributed by atoms with E-state index in [2.05, 4.69) is 5.32 Å². The Labute approximate surface area is 91.1 Å². The minimum atomic E-state index is -0.537. The van der Waals surface area contributed by atoms with Crippen LogP contribution >= 0.6 is 0 Å². The topological polar surface area (TPSA) is 32.3 Å². The van der Waals surface area contributed by atoms with E-state index >= 15 is 0 Å². The number of nitrogens with zero attached hydrogens (tertiary/aromatic N) is 1. The van der Waals surface area contributed by atoms with Gasteiger partial charge in [0.2, 0.25) is 5.91 Å². The van der Waals surface area contributed by atoms with Gasteiger partial charge in [-0.3, -0.25) is 4.79 Å². The van der Waals surface area contributed by atoms with Gasteiger partial charge in [-0.15, -0.1) is 0 Å². The first kappa shape index (κ1) is 11.7. The number of rotatable bonds is 3. The molecule has 0 aliphatic carbocycles. The first-order valence-corrected chi connectivity index (χ1v) is 5.01. The normalized spacial score (nSPS) is 11.2. The lowest BCUT2D eigenvalue weighted by atomic mass is 10.0.